The van der Waals surface area contributed by atoms with Gasteiger partial charge in [-0.15, -0.1) is 0 Å². The summed E-state index contributed by atoms with van der Waals surface area (Å²) < 4.78 is 5.48. The van der Waals surface area contributed by atoms with Gasteiger partial charge in [0, 0.05) is 26.2 Å². The summed E-state index contributed by atoms with van der Waals surface area (Å²) in [5.41, 5.74) is 3.12. The zero-order chi connectivity index (χ0) is 17.0. The first-order valence-electron chi connectivity index (χ1n) is 9.32. The van der Waals surface area contributed by atoms with Gasteiger partial charge in [0.05, 0.1) is 7.11 Å². The van der Waals surface area contributed by atoms with Crippen LogP contribution in [0.25, 0.3) is 0 Å². The lowest BCUT2D eigenvalue weighted by Gasteiger charge is -2.38. The number of methoxy groups -OCH3 is 1. The van der Waals surface area contributed by atoms with Crippen molar-refractivity contribution in [3.05, 3.63) is 29.3 Å². The first-order valence-corrected chi connectivity index (χ1v) is 9.32. The standard InChI is InChI=1S/C20H31N3O/c1-4-21-19(23-13-11-20(15-23)9-5-10-20)22-12-8-17-14-16(2)6-7-18(17)24-3/h6-7,14H,4-5,8-13,15H2,1-3H3,(H,21,22). The number of nitrogens with one attached hydrogen (secondary N) is 1. The van der Waals surface area contributed by atoms with Crippen molar-refractivity contribution >= 4 is 5.96 Å². The van der Waals surface area contributed by atoms with Crippen molar-refractivity contribution in [2.75, 3.05) is 33.3 Å². The molecule has 1 heterocycles. The lowest BCUT2D eigenvalue weighted by molar-refractivity contribution is 0.151. The summed E-state index contributed by atoms with van der Waals surface area (Å²) in [4.78, 5) is 7.36. The number of benzene rings is 1. The second-order valence-electron chi connectivity index (χ2n) is 7.33. The fourth-order valence-electron chi connectivity index (χ4n) is 4.01. The van der Waals surface area contributed by atoms with Crippen molar-refractivity contribution in [1.82, 2.24) is 10.2 Å². The zero-order valence-corrected chi connectivity index (χ0v) is 15.4. The molecule has 0 amide bonds. The van der Waals surface area contributed by atoms with Gasteiger partial charge in [0.25, 0.3) is 0 Å². The maximum atomic E-state index is 5.48. The summed E-state index contributed by atoms with van der Waals surface area (Å²) in [6.45, 7) is 8.33. The largest absolute Gasteiger partial charge is 0.496 e. The monoisotopic (exact) mass is 329 g/mol. The van der Waals surface area contributed by atoms with Crippen LogP contribution in [0.15, 0.2) is 23.2 Å². The fourth-order valence-corrected chi connectivity index (χ4v) is 4.01. The van der Waals surface area contributed by atoms with Gasteiger partial charge in [-0.05, 0) is 56.6 Å². The number of aliphatic imine (C=N–C) groups is 1. The molecule has 0 atom stereocenters. The van der Waals surface area contributed by atoms with E-state index in [1.165, 1.54) is 43.4 Å². The lowest BCUT2D eigenvalue weighted by Crippen LogP contribution is -2.42. The van der Waals surface area contributed by atoms with Crippen LogP contribution in [0.4, 0.5) is 0 Å². The van der Waals surface area contributed by atoms with Crippen molar-refractivity contribution in [3.8, 4) is 5.75 Å². The van der Waals surface area contributed by atoms with Gasteiger partial charge in [-0.1, -0.05) is 24.1 Å². The van der Waals surface area contributed by atoms with Crippen molar-refractivity contribution in [3.63, 3.8) is 0 Å². The van der Waals surface area contributed by atoms with E-state index in [0.717, 1.165) is 37.8 Å². The second-order valence-corrected chi connectivity index (χ2v) is 7.33. The molecule has 0 radical (unpaired) electrons. The molecule has 4 heteroatoms. The molecule has 0 bridgehead atoms. The third-order valence-electron chi connectivity index (χ3n) is 5.57. The Bertz CT molecular complexity index is 593. The number of likely N-dealkylation sites (tertiary alicyclic amines) is 1. The summed E-state index contributed by atoms with van der Waals surface area (Å²) in [6, 6.07) is 6.36. The van der Waals surface area contributed by atoms with E-state index < -0.39 is 0 Å². The number of hydrogen-bond acceptors (Lipinski definition) is 2. The molecule has 1 N–H and O–H groups in total. The van der Waals surface area contributed by atoms with E-state index in [0.29, 0.717) is 5.41 Å². The molecule has 3 rings (SSSR count). The number of guanidine groups is 1. The van der Waals surface area contributed by atoms with E-state index in [2.05, 4.69) is 42.3 Å². The van der Waals surface area contributed by atoms with Crippen LogP contribution in [-0.2, 0) is 6.42 Å². The molecule has 0 unspecified atom stereocenters. The van der Waals surface area contributed by atoms with Crippen LogP contribution in [0, 0.1) is 12.3 Å². The van der Waals surface area contributed by atoms with Gasteiger partial charge in [-0.3, -0.25) is 4.99 Å². The quantitative estimate of drug-likeness (QED) is 0.664. The van der Waals surface area contributed by atoms with Crippen LogP contribution < -0.4 is 10.1 Å². The maximum absolute atomic E-state index is 5.48. The Morgan fingerprint density at radius 1 is 1.33 bits per heavy atom. The zero-order valence-electron chi connectivity index (χ0n) is 15.4. The average Bonchev–Trinajstić information content (AvgIpc) is 3.00. The number of nitrogens with zero attached hydrogens (tertiary/aromatic N) is 2. The van der Waals surface area contributed by atoms with Crippen LogP contribution in [0.2, 0.25) is 0 Å². The molecule has 1 aliphatic heterocycles. The Balaban J connectivity index is 1.63. The molecule has 1 saturated carbocycles. The summed E-state index contributed by atoms with van der Waals surface area (Å²) >= 11 is 0. The van der Waals surface area contributed by atoms with Gasteiger partial charge >= 0.3 is 0 Å². The average molecular weight is 329 g/mol. The Kier molecular flexibility index (Phi) is 5.32. The molecule has 1 aliphatic carbocycles. The third-order valence-corrected chi connectivity index (χ3v) is 5.57. The Hall–Kier alpha value is -1.71. The van der Waals surface area contributed by atoms with Gasteiger partial charge in [0.1, 0.15) is 5.75 Å². The Morgan fingerprint density at radius 3 is 2.79 bits per heavy atom. The van der Waals surface area contributed by atoms with Gasteiger partial charge in [0.15, 0.2) is 5.96 Å². The topological polar surface area (TPSA) is 36.9 Å². The highest BCUT2D eigenvalue weighted by atomic mass is 16.5. The van der Waals surface area contributed by atoms with Crippen LogP contribution in [0.3, 0.4) is 0 Å². The SMILES string of the molecule is CCNC(=NCCc1cc(C)ccc1OC)N1CCC2(CCC2)C1. The molecule has 24 heavy (non-hydrogen) atoms. The predicted molar refractivity (Wildman–Crippen MR) is 99.9 cm³/mol. The smallest absolute Gasteiger partial charge is 0.193 e. The van der Waals surface area contributed by atoms with E-state index in [-0.39, 0.29) is 0 Å². The third kappa shape index (κ3) is 3.68. The second kappa shape index (κ2) is 7.45. The summed E-state index contributed by atoms with van der Waals surface area (Å²) in [5, 5.41) is 3.48. The summed E-state index contributed by atoms with van der Waals surface area (Å²) in [5.74, 6) is 2.06. The molecule has 0 aromatic heterocycles. The minimum Gasteiger partial charge on any atom is -0.496 e. The molecule has 1 aromatic rings. The van der Waals surface area contributed by atoms with Crippen LogP contribution in [0.5, 0.6) is 5.75 Å². The normalized spacial score (nSPS) is 19.5. The summed E-state index contributed by atoms with van der Waals surface area (Å²) in [7, 11) is 1.74. The van der Waals surface area contributed by atoms with Gasteiger partial charge in [-0.25, -0.2) is 0 Å². The molecule has 132 valence electrons. The van der Waals surface area contributed by atoms with Gasteiger partial charge < -0.3 is 15.0 Å². The molecular weight excluding hydrogens is 298 g/mol. The van der Waals surface area contributed by atoms with Gasteiger partial charge in [0.2, 0.25) is 0 Å². The number of ether oxygens (including phenoxy) is 1. The maximum Gasteiger partial charge on any atom is 0.193 e. The molecule has 1 saturated heterocycles. The van der Waals surface area contributed by atoms with Crippen molar-refractivity contribution in [1.29, 1.82) is 0 Å². The van der Waals surface area contributed by atoms with E-state index in [1.807, 2.05) is 0 Å². The molecule has 2 aliphatic rings. The first-order chi connectivity index (χ1) is 11.7. The van der Waals surface area contributed by atoms with Crippen LogP contribution in [-0.4, -0.2) is 44.1 Å². The molecule has 1 spiro atoms. The predicted octanol–water partition coefficient (Wildman–Crippen LogP) is 3.39. The minimum absolute atomic E-state index is 0.607. The van der Waals surface area contributed by atoms with Crippen LogP contribution in [0.1, 0.15) is 43.7 Å². The summed E-state index contributed by atoms with van der Waals surface area (Å²) in [6.07, 6.45) is 6.48. The van der Waals surface area contributed by atoms with Crippen LogP contribution >= 0.6 is 0 Å². The number of rotatable bonds is 5. The highest BCUT2D eigenvalue weighted by molar-refractivity contribution is 5.80. The Labute approximate surface area is 146 Å². The van der Waals surface area contributed by atoms with Crippen molar-refractivity contribution in [2.45, 2.75) is 46.0 Å². The fraction of sp³-hybridized carbons (Fsp3) is 0.650. The minimum atomic E-state index is 0.607. The molecule has 2 fully saturated rings. The number of hydrogen-bond donors (Lipinski definition) is 1. The van der Waals surface area contributed by atoms with E-state index in [4.69, 9.17) is 9.73 Å². The highest BCUT2D eigenvalue weighted by Gasteiger charge is 2.43. The Morgan fingerprint density at radius 2 is 2.17 bits per heavy atom. The van der Waals surface area contributed by atoms with Crippen molar-refractivity contribution in [2.24, 2.45) is 10.4 Å². The number of aryl methyl sites for hydroxylation is 1. The van der Waals surface area contributed by atoms with E-state index >= 15 is 0 Å². The van der Waals surface area contributed by atoms with Gasteiger partial charge in [-0.2, -0.15) is 0 Å². The highest BCUT2D eigenvalue weighted by Crippen LogP contribution is 2.47. The van der Waals surface area contributed by atoms with E-state index in [9.17, 15) is 0 Å². The van der Waals surface area contributed by atoms with E-state index in [1.54, 1.807) is 7.11 Å². The molecule has 4 nitrogen and oxygen atoms in total. The first kappa shape index (κ1) is 17.1. The molecular formula is C20H31N3O. The molecule has 1 aromatic carbocycles. The lowest BCUT2D eigenvalue weighted by atomic mass is 9.68. The van der Waals surface area contributed by atoms with Crippen molar-refractivity contribution < 1.29 is 4.74 Å².